The van der Waals surface area contributed by atoms with Crippen LogP contribution in [0.3, 0.4) is 0 Å². The highest BCUT2D eigenvalue weighted by Gasteiger charge is 2.26. The first-order valence-corrected chi connectivity index (χ1v) is 12.6. The summed E-state index contributed by atoms with van der Waals surface area (Å²) in [5, 5.41) is 22.3. The largest absolute Gasteiger partial charge is 0.404 e. The van der Waals surface area contributed by atoms with Gasteiger partial charge in [0.15, 0.2) is 11.3 Å². The van der Waals surface area contributed by atoms with E-state index in [9.17, 15) is 9.59 Å². The van der Waals surface area contributed by atoms with Crippen molar-refractivity contribution in [3.8, 4) is 34.3 Å². The van der Waals surface area contributed by atoms with Gasteiger partial charge in [0.25, 0.3) is 11.8 Å². The molecule has 12 heteroatoms. The molecule has 3 aromatic heterocycles. The van der Waals surface area contributed by atoms with E-state index in [1.165, 1.54) is 13.8 Å². The number of esters is 2. The van der Waals surface area contributed by atoms with Gasteiger partial charge in [-0.25, -0.2) is 10.1 Å². The summed E-state index contributed by atoms with van der Waals surface area (Å²) in [6.45, 7) is 9.26. The molecular weight excluding hydrogens is 512 g/mol. The van der Waals surface area contributed by atoms with Gasteiger partial charge in [-0.15, -0.1) is 15.3 Å². The molecule has 0 atom stereocenters. The van der Waals surface area contributed by atoms with Gasteiger partial charge in [-0.1, -0.05) is 69.3 Å². The van der Waals surface area contributed by atoms with Gasteiger partial charge < -0.3 is 14.0 Å². The zero-order valence-electron chi connectivity index (χ0n) is 22.8. The van der Waals surface area contributed by atoms with E-state index in [4.69, 9.17) is 14.5 Å². The number of tetrazole rings is 1. The molecule has 3 heterocycles. The van der Waals surface area contributed by atoms with Crippen molar-refractivity contribution in [3.05, 3.63) is 59.9 Å². The summed E-state index contributed by atoms with van der Waals surface area (Å²) in [6, 6.07) is 16.0. The number of rotatable bonds is 7. The van der Waals surface area contributed by atoms with Gasteiger partial charge in [-0.05, 0) is 32.5 Å². The molecule has 5 aromatic rings. The Bertz CT molecular complexity index is 1690. The molecule has 0 aliphatic carbocycles. The van der Waals surface area contributed by atoms with Gasteiger partial charge in [0.05, 0.1) is 0 Å². The third kappa shape index (κ3) is 5.70. The number of fused-ring (bicyclic) bond motifs is 1. The first-order valence-electron chi connectivity index (χ1n) is 12.6. The van der Waals surface area contributed by atoms with E-state index in [-0.39, 0.29) is 17.2 Å². The topological polar surface area (TPSA) is 151 Å². The molecule has 0 saturated heterocycles. The maximum absolute atomic E-state index is 11.9. The molecule has 2 aromatic carbocycles. The summed E-state index contributed by atoms with van der Waals surface area (Å²) >= 11 is 0. The Morgan fingerprint density at radius 2 is 1.52 bits per heavy atom. The molecule has 1 N–H and O–H groups in total. The summed E-state index contributed by atoms with van der Waals surface area (Å²) in [5.41, 5.74) is 4.43. The van der Waals surface area contributed by atoms with E-state index in [1.807, 2.05) is 53.1 Å². The predicted molar refractivity (Wildman–Crippen MR) is 145 cm³/mol. The molecule has 0 aliphatic heterocycles. The van der Waals surface area contributed by atoms with Gasteiger partial charge in [0.1, 0.15) is 11.3 Å². The van der Waals surface area contributed by atoms with E-state index >= 15 is 0 Å². The number of carbonyl (C=O) groups excluding carboxylic acids is 2. The van der Waals surface area contributed by atoms with Crippen molar-refractivity contribution >= 4 is 23.0 Å². The molecule has 40 heavy (non-hydrogen) atoms. The van der Waals surface area contributed by atoms with E-state index in [2.05, 4.69) is 51.6 Å². The van der Waals surface area contributed by atoms with Crippen LogP contribution in [0.25, 0.3) is 33.5 Å². The average Bonchev–Trinajstić information content (AvgIpc) is 3.54. The first kappa shape index (κ1) is 26.6. The van der Waals surface area contributed by atoms with Gasteiger partial charge in [0.2, 0.25) is 0 Å². The van der Waals surface area contributed by atoms with Gasteiger partial charge in [-0.3, -0.25) is 9.59 Å². The summed E-state index contributed by atoms with van der Waals surface area (Å²) in [7, 11) is 0. The monoisotopic (exact) mass is 540 g/mol. The lowest BCUT2D eigenvalue weighted by atomic mass is 9.92. The van der Waals surface area contributed by atoms with Crippen LogP contribution in [0.5, 0.6) is 11.8 Å². The van der Waals surface area contributed by atoms with Crippen molar-refractivity contribution in [1.29, 1.82) is 0 Å². The number of aromatic amines is 1. The number of imidazole rings is 1. The van der Waals surface area contributed by atoms with E-state index in [0.29, 0.717) is 35.6 Å². The maximum atomic E-state index is 11.9. The fourth-order valence-corrected chi connectivity index (χ4v) is 4.43. The minimum absolute atomic E-state index is 0.00252. The number of carbonyl (C=O) groups is 2. The average molecular weight is 541 g/mol. The molecule has 0 unspecified atom stereocenters. The fraction of sp³-hybridized carbons (Fsp3) is 0.286. The number of aromatic nitrogens is 8. The van der Waals surface area contributed by atoms with Crippen molar-refractivity contribution in [2.75, 3.05) is 0 Å². The summed E-state index contributed by atoms with van der Waals surface area (Å²) in [4.78, 5) is 28.4. The zero-order chi connectivity index (χ0) is 28.4. The molecule has 0 radical (unpaired) electrons. The second-order valence-corrected chi connectivity index (χ2v) is 10.5. The normalized spacial score (nSPS) is 11.5. The molecule has 5 rings (SSSR count). The summed E-state index contributed by atoms with van der Waals surface area (Å²) < 4.78 is 12.6. The first-order chi connectivity index (χ1) is 19.1. The number of H-pyrrole nitrogens is 1. The molecule has 204 valence electrons. The highest BCUT2D eigenvalue weighted by Crippen LogP contribution is 2.34. The Morgan fingerprint density at radius 3 is 2.15 bits per heavy atom. The van der Waals surface area contributed by atoms with Crippen LogP contribution in [0, 0.1) is 5.41 Å². The number of nitrogens with zero attached hydrogens (tertiary/aromatic N) is 7. The lowest BCUT2D eigenvalue weighted by Crippen LogP contribution is -2.15. The Hall–Kier alpha value is -5.00. The lowest BCUT2D eigenvalue weighted by Gasteiger charge is -2.19. The zero-order valence-corrected chi connectivity index (χ0v) is 22.8. The van der Waals surface area contributed by atoms with E-state index in [0.717, 1.165) is 22.3 Å². The minimum Gasteiger partial charge on any atom is -0.404 e. The quantitative estimate of drug-likeness (QED) is 0.298. The van der Waals surface area contributed by atoms with Crippen LogP contribution >= 0.6 is 0 Å². The second-order valence-electron chi connectivity index (χ2n) is 10.5. The van der Waals surface area contributed by atoms with Crippen LogP contribution in [-0.4, -0.2) is 52.3 Å². The molecule has 0 spiro atoms. The molecular formula is C28H28N8O4. The Labute approximate surface area is 229 Å². The number of nitrogens with one attached hydrogen (secondary N) is 1. The van der Waals surface area contributed by atoms with Crippen molar-refractivity contribution in [2.24, 2.45) is 5.41 Å². The smallest absolute Gasteiger partial charge is 0.309 e. The van der Waals surface area contributed by atoms with Crippen molar-refractivity contribution in [1.82, 2.24) is 40.4 Å². The number of hydrogen-bond acceptors (Lipinski definition) is 10. The van der Waals surface area contributed by atoms with Gasteiger partial charge >= 0.3 is 11.9 Å². The molecule has 0 saturated carbocycles. The van der Waals surface area contributed by atoms with Crippen molar-refractivity contribution in [3.63, 3.8) is 0 Å². The van der Waals surface area contributed by atoms with Gasteiger partial charge in [0, 0.05) is 32.4 Å². The summed E-state index contributed by atoms with van der Waals surface area (Å²) in [5.74, 6) is 0.148. The van der Waals surface area contributed by atoms with Crippen LogP contribution < -0.4 is 9.47 Å². The van der Waals surface area contributed by atoms with Gasteiger partial charge in [-0.2, -0.15) is 0 Å². The minimum atomic E-state index is -0.556. The van der Waals surface area contributed by atoms with Crippen molar-refractivity contribution < 1.29 is 19.1 Å². The Morgan fingerprint density at radius 1 is 0.875 bits per heavy atom. The molecule has 0 amide bonds. The van der Waals surface area contributed by atoms with Crippen LogP contribution in [0.15, 0.2) is 48.5 Å². The van der Waals surface area contributed by atoms with Crippen LogP contribution in [0.1, 0.15) is 46.0 Å². The molecule has 0 fully saturated rings. The second kappa shape index (κ2) is 10.6. The van der Waals surface area contributed by atoms with Crippen LogP contribution in [-0.2, 0) is 22.6 Å². The van der Waals surface area contributed by atoms with Crippen LogP contribution in [0.2, 0.25) is 0 Å². The third-order valence-corrected chi connectivity index (χ3v) is 5.99. The number of benzene rings is 2. The standard InChI is InChI=1S/C28H28N8O4/c1-16(37)39-26-23-24(27(33-32-26)40-17(2)38)36(22(29-23)14-28(3,4)5)15-18-10-12-19(13-11-18)20-8-6-7-9-21(20)25-30-34-35-31-25/h6-13H,14-15H2,1-5H3,(H,30,31,34,35). The highest BCUT2D eigenvalue weighted by molar-refractivity contribution is 5.88. The van der Waals surface area contributed by atoms with Crippen LogP contribution in [0.4, 0.5) is 0 Å². The van der Waals surface area contributed by atoms with E-state index < -0.39 is 11.9 Å². The molecule has 0 aliphatic rings. The highest BCUT2D eigenvalue weighted by atomic mass is 16.6. The Balaban J connectivity index is 1.59. The number of ether oxygens (including phenoxy) is 2. The lowest BCUT2D eigenvalue weighted by molar-refractivity contribution is -0.133. The molecule has 0 bridgehead atoms. The predicted octanol–water partition coefficient (Wildman–Crippen LogP) is 4.16. The molecule has 12 nitrogen and oxygen atoms in total. The Kier molecular flexibility index (Phi) is 7.07. The fourth-order valence-electron chi connectivity index (χ4n) is 4.43. The maximum Gasteiger partial charge on any atom is 0.309 e. The SMILES string of the molecule is CC(=O)Oc1nnc(OC(C)=O)c2c1nc(CC(C)(C)C)n2Cc1ccc(-c2ccccc2-c2nnn[nH]2)cc1. The van der Waals surface area contributed by atoms with E-state index in [1.54, 1.807) is 0 Å². The summed E-state index contributed by atoms with van der Waals surface area (Å²) in [6.07, 6.45) is 0.595. The third-order valence-electron chi connectivity index (χ3n) is 5.99. The number of hydrogen-bond donors (Lipinski definition) is 1. The van der Waals surface area contributed by atoms with Crippen molar-refractivity contribution in [2.45, 2.75) is 47.6 Å².